The Kier molecular flexibility index (Phi) is 33.4. The van der Waals surface area contributed by atoms with Crippen molar-refractivity contribution in [1.29, 1.82) is 0 Å². The topological polar surface area (TPSA) is 327 Å². The average molecular weight is 492 g/mol. The molecule has 31 heavy (non-hydrogen) atoms. The van der Waals surface area contributed by atoms with Crippen LogP contribution in [0.3, 0.4) is 0 Å². The van der Waals surface area contributed by atoms with Crippen molar-refractivity contribution in [3.63, 3.8) is 0 Å². The fourth-order valence-corrected chi connectivity index (χ4v) is 1.43. The van der Waals surface area contributed by atoms with Crippen LogP contribution in [0.1, 0.15) is 25.7 Å². The molecule has 0 saturated carbocycles. The predicted octanol–water partition coefficient (Wildman–Crippen LogP) is -6.09. The second kappa shape index (κ2) is 21.5. The minimum atomic E-state index is -2.74. The van der Waals surface area contributed by atoms with Gasteiger partial charge in [0.15, 0.2) is 11.2 Å². The predicted molar refractivity (Wildman–Crippen MR) is 103 cm³/mol. The number of hydrogen-bond donors (Lipinski definition) is 8. The van der Waals surface area contributed by atoms with Gasteiger partial charge in [0.05, 0.1) is 25.7 Å². The van der Waals surface area contributed by atoms with E-state index in [1.807, 2.05) is 0 Å². The van der Waals surface area contributed by atoms with Gasteiger partial charge in [-0.05, 0) is 0 Å². The van der Waals surface area contributed by atoms with Gasteiger partial charge in [-0.25, -0.2) is 9.59 Å². The number of carboxylic acids is 6. The molecule has 0 unspecified atom stereocenters. The summed E-state index contributed by atoms with van der Waals surface area (Å²) < 4.78 is 0. The van der Waals surface area contributed by atoms with Crippen molar-refractivity contribution in [2.24, 2.45) is 0 Å². The number of rotatable bonds is 10. The zero-order valence-corrected chi connectivity index (χ0v) is 13.9. The Labute approximate surface area is 239 Å². The van der Waals surface area contributed by atoms with Crippen LogP contribution in [0.2, 0.25) is 0 Å². The average Bonchev–Trinajstić information content (AvgIpc) is 2.34. The van der Waals surface area contributed by atoms with Gasteiger partial charge in [-0.3, -0.25) is 19.2 Å². The van der Waals surface area contributed by atoms with Crippen LogP contribution in [0.25, 0.3) is 0 Å². The Hall–Kier alpha value is -0.340. The number of hydrogen-bond acceptors (Lipinski definition) is 8. The van der Waals surface area contributed by atoms with Crippen LogP contribution >= 0.6 is 0 Å². The van der Waals surface area contributed by atoms with E-state index in [1.165, 1.54) is 0 Å². The number of aliphatic carboxylic acids is 6. The molecule has 0 saturated heterocycles. The molecule has 170 valence electrons. The molecule has 0 aliphatic rings. The monoisotopic (exact) mass is 492 g/mol. The van der Waals surface area contributed by atoms with Gasteiger partial charge >= 0.3 is 124 Å². The summed E-state index contributed by atoms with van der Waals surface area (Å²) in [5, 5.41) is 67.6. The van der Waals surface area contributed by atoms with Crippen LogP contribution in [-0.2, 0) is 28.8 Å². The molecule has 16 nitrogen and oxygen atoms in total. The van der Waals surface area contributed by atoms with Crippen molar-refractivity contribution in [3.05, 3.63) is 0 Å². The zero-order valence-electron chi connectivity index (χ0n) is 13.9. The van der Waals surface area contributed by atoms with Crippen LogP contribution in [0.15, 0.2) is 0 Å². The summed E-state index contributed by atoms with van der Waals surface area (Å²) in [4.78, 5) is 61.0. The summed E-state index contributed by atoms with van der Waals surface area (Å²) in [5.41, 5.74) is -5.48. The Bertz CT molecular complexity index is 523. The summed E-state index contributed by atoms with van der Waals surface area (Å²) in [7, 11) is 0. The maximum absolute atomic E-state index is 10.3. The molecule has 0 aliphatic heterocycles. The third kappa shape index (κ3) is 22.6. The van der Waals surface area contributed by atoms with E-state index in [4.69, 9.17) is 40.9 Å². The van der Waals surface area contributed by atoms with Crippen LogP contribution in [0.4, 0.5) is 0 Å². The summed E-state index contributed by atoms with van der Waals surface area (Å²) in [6.07, 6.45) is -4.58. The standard InChI is InChI=1S/2C6H8O7.3Na.2H2O.3H/c2*7-3(8)1-6(13,5(11)12)2-4(9)10;;;;;;;;/h2*13H,1-2H2,(H,7,8)(H,9,10)(H,11,12);;;;2*1H2;;;. The van der Waals surface area contributed by atoms with E-state index in [1.54, 1.807) is 0 Å². The molecule has 0 spiro atoms. The SMILES string of the molecule is O.O.O=C(O)CC(O)(CC(=O)O)C(=O)O.O=C(O)CC(O)(CC(=O)O)C(=O)O.[NaH].[NaH].[NaH]. The summed E-state index contributed by atoms with van der Waals surface area (Å²) in [5.74, 6) is -10.0. The molecule has 0 aromatic carbocycles. The second-order valence-electron chi connectivity index (χ2n) is 4.96. The normalized spacial score (nSPS) is 9.10. The Morgan fingerprint density at radius 2 is 0.581 bits per heavy atom. The molecular weight excluding hydrogens is 469 g/mol. The van der Waals surface area contributed by atoms with Crippen molar-refractivity contribution in [1.82, 2.24) is 0 Å². The van der Waals surface area contributed by atoms with Crippen LogP contribution in [0, 0.1) is 0 Å². The zero-order chi connectivity index (χ0) is 21.3. The third-order valence-corrected chi connectivity index (χ3v) is 2.57. The van der Waals surface area contributed by atoms with Gasteiger partial charge < -0.3 is 51.8 Å². The molecule has 0 amide bonds. The van der Waals surface area contributed by atoms with Gasteiger partial charge in [0.1, 0.15) is 0 Å². The van der Waals surface area contributed by atoms with Crippen molar-refractivity contribution < 1.29 is 80.6 Å². The Balaban J connectivity index is -0.0000000640. The molecule has 0 rings (SSSR count). The van der Waals surface area contributed by atoms with Gasteiger partial charge in [0.25, 0.3) is 0 Å². The van der Waals surface area contributed by atoms with Gasteiger partial charge in [0, 0.05) is 0 Å². The summed E-state index contributed by atoms with van der Waals surface area (Å²) in [6.45, 7) is 0. The fourth-order valence-electron chi connectivity index (χ4n) is 1.43. The quantitative estimate of drug-likeness (QED) is 0.132. The Morgan fingerprint density at radius 1 is 0.452 bits per heavy atom. The molecule has 0 heterocycles. The van der Waals surface area contributed by atoms with Gasteiger partial charge in [0.2, 0.25) is 0 Å². The first-order chi connectivity index (χ1) is 11.6. The van der Waals surface area contributed by atoms with Gasteiger partial charge in [-0.1, -0.05) is 0 Å². The van der Waals surface area contributed by atoms with Gasteiger partial charge in [-0.2, -0.15) is 0 Å². The summed E-state index contributed by atoms with van der Waals surface area (Å²) >= 11 is 0. The minimum absolute atomic E-state index is 0. The molecule has 0 aliphatic carbocycles. The number of aliphatic hydroxyl groups is 2. The molecule has 0 fully saturated rings. The van der Waals surface area contributed by atoms with E-state index in [2.05, 4.69) is 0 Å². The van der Waals surface area contributed by atoms with Crippen molar-refractivity contribution in [3.8, 4) is 0 Å². The van der Waals surface area contributed by atoms with Crippen LogP contribution in [0.5, 0.6) is 0 Å². The Morgan fingerprint density at radius 3 is 0.645 bits per heavy atom. The molecule has 0 aromatic heterocycles. The first-order valence-corrected chi connectivity index (χ1v) is 6.34. The summed E-state index contributed by atoms with van der Waals surface area (Å²) in [6, 6.07) is 0. The van der Waals surface area contributed by atoms with Crippen LogP contribution < -0.4 is 0 Å². The molecule has 0 bridgehead atoms. The fraction of sp³-hybridized carbons (Fsp3) is 0.500. The molecule has 0 atom stereocenters. The van der Waals surface area contributed by atoms with E-state index >= 15 is 0 Å². The number of carbonyl (C=O) groups is 6. The van der Waals surface area contributed by atoms with E-state index in [0.717, 1.165) is 0 Å². The van der Waals surface area contributed by atoms with E-state index in [-0.39, 0.29) is 99.6 Å². The molecule has 19 heteroatoms. The van der Waals surface area contributed by atoms with Gasteiger partial charge in [-0.15, -0.1) is 0 Å². The van der Waals surface area contributed by atoms with Crippen LogP contribution in [-0.4, -0.2) is 187 Å². The molecule has 0 radical (unpaired) electrons. The number of carboxylic acid groups (broad SMARTS) is 6. The van der Waals surface area contributed by atoms with Crippen molar-refractivity contribution in [2.75, 3.05) is 0 Å². The van der Waals surface area contributed by atoms with Crippen molar-refractivity contribution >= 4 is 124 Å². The van der Waals surface area contributed by atoms with E-state index < -0.39 is 72.7 Å². The molecule has 12 N–H and O–H groups in total. The third-order valence-electron chi connectivity index (χ3n) is 2.57. The first kappa shape index (κ1) is 48.2. The maximum atomic E-state index is 10.3. The molecule has 0 aromatic rings. The second-order valence-corrected chi connectivity index (χ2v) is 4.96. The van der Waals surface area contributed by atoms with E-state index in [0.29, 0.717) is 0 Å². The van der Waals surface area contributed by atoms with Crippen molar-refractivity contribution in [2.45, 2.75) is 36.9 Å². The molecular formula is C12H23Na3O16. The first-order valence-electron chi connectivity index (χ1n) is 6.34. The van der Waals surface area contributed by atoms with E-state index in [9.17, 15) is 28.8 Å².